The molecule has 5 heteroatoms. The number of aryl methyl sites for hydroxylation is 1. The maximum absolute atomic E-state index is 4.40. The van der Waals surface area contributed by atoms with Crippen LogP contribution in [0.5, 0.6) is 0 Å². The van der Waals surface area contributed by atoms with Crippen molar-refractivity contribution in [2.24, 2.45) is 7.05 Å². The Morgan fingerprint density at radius 1 is 1.44 bits per heavy atom. The Balaban J connectivity index is 0.00000128. The molecule has 0 spiro atoms. The Morgan fingerprint density at radius 3 is 2.69 bits per heavy atom. The van der Waals surface area contributed by atoms with Crippen LogP contribution in [0.2, 0.25) is 0 Å². The first-order chi connectivity index (χ1) is 7.25. The minimum absolute atomic E-state index is 0. The van der Waals surface area contributed by atoms with Crippen LogP contribution in [0.15, 0.2) is 10.7 Å². The summed E-state index contributed by atoms with van der Waals surface area (Å²) in [5, 5.41) is 7.99. The van der Waals surface area contributed by atoms with Crippen molar-refractivity contribution in [1.29, 1.82) is 0 Å². The van der Waals surface area contributed by atoms with Gasteiger partial charge in [0.25, 0.3) is 0 Å². The first kappa shape index (κ1) is 14.0. The van der Waals surface area contributed by atoms with Crippen LogP contribution in [0.3, 0.4) is 0 Å². The van der Waals surface area contributed by atoms with E-state index in [4.69, 9.17) is 0 Å². The predicted molar refractivity (Wildman–Crippen MR) is 71.9 cm³/mol. The zero-order valence-electron chi connectivity index (χ0n) is 9.58. The van der Waals surface area contributed by atoms with Crippen molar-refractivity contribution in [3.05, 3.63) is 16.4 Å². The molecule has 0 aromatic carbocycles. The van der Waals surface area contributed by atoms with Crippen molar-refractivity contribution >= 4 is 28.3 Å². The molecule has 1 saturated carbocycles. The molecule has 1 aliphatic carbocycles. The molecule has 3 nitrogen and oxygen atoms in total. The first-order valence-corrected chi connectivity index (χ1v) is 6.46. The van der Waals surface area contributed by atoms with Crippen LogP contribution in [0.1, 0.15) is 37.8 Å². The van der Waals surface area contributed by atoms with Crippen LogP contribution in [0.4, 0.5) is 0 Å². The number of hydrogen-bond acceptors (Lipinski definition) is 2. The van der Waals surface area contributed by atoms with Crippen LogP contribution >= 0.6 is 28.3 Å². The molecule has 0 atom stereocenters. The average molecular weight is 309 g/mol. The van der Waals surface area contributed by atoms with Crippen molar-refractivity contribution in [2.45, 2.75) is 44.7 Å². The van der Waals surface area contributed by atoms with Gasteiger partial charge in [-0.3, -0.25) is 4.68 Å². The summed E-state index contributed by atoms with van der Waals surface area (Å²) >= 11 is 3.52. The Kier molecular flexibility index (Phi) is 5.79. The van der Waals surface area contributed by atoms with Crippen molar-refractivity contribution < 1.29 is 0 Å². The summed E-state index contributed by atoms with van der Waals surface area (Å²) in [4.78, 5) is 0. The van der Waals surface area contributed by atoms with E-state index in [1.54, 1.807) is 0 Å². The zero-order chi connectivity index (χ0) is 10.7. The summed E-state index contributed by atoms with van der Waals surface area (Å²) in [6, 6.07) is 0.702. The van der Waals surface area contributed by atoms with E-state index in [9.17, 15) is 0 Å². The van der Waals surface area contributed by atoms with Gasteiger partial charge in [-0.05, 0) is 28.8 Å². The number of halogens is 2. The van der Waals surface area contributed by atoms with E-state index < -0.39 is 0 Å². The molecular formula is C11H19BrClN3. The lowest BCUT2D eigenvalue weighted by molar-refractivity contribution is 0.370. The Labute approximate surface area is 112 Å². The van der Waals surface area contributed by atoms with Gasteiger partial charge in [-0.1, -0.05) is 19.3 Å². The van der Waals surface area contributed by atoms with Gasteiger partial charge < -0.3 is 5.32 Å². The maximum atomic E-state index is 4.40. The van der Waals surface area contributed by atoms with Crippen LogP contribution in [-0.4, -0.2) is 15.8 Å². The molecule has 1 N–H and O–H groups in total. The second kappa shape index (κ2) is 6.62. The second-order valence-electron chi connectivity index (χ2n) is 4.31. The molecule has 16 heavy (non-hydrogen) atoms. The Hall–Kier alpha value is -0.0600. The quantitative estimate of drug-likeness (QED) is 0.930. The molecule has 92 valence electrons. The fourth-order valence-electron chi connectivity index (χ4n) is 2.17. The lowest BCUT2D eigenvalue weighted by Crippen LogP contribution is -2.30. The van der Waals surface area contributed by atoms with Crippen LogP contribution < -0.4 is 5.32 Å². The van der Waals surface area contributed by atoms with Crippen molar-refractivity contribution in [1.82, 2.24) is 15.1 Å². The first-order valence-electron chi connectivity index (χ1n) is 5.67. The molecule has 0 unspecified atom stereocenters. The number of rotatable bonds is 3. The lowest BCUT2D eigenvalue weighted by Gasteiger charge is -2.22. The van der Waals surface area contributed by atoms with E-state index in [0.29, 0.717) is 6.04 Å². The van der Waals surface area contributed by atoms with E-state index in [1.807, 2.05) is 17.9 Å². The molecule has 0 saturated heterocycles. The summed E-state index contributed by atoms with van der Waals surface area (Å²) < 4.78 is 2.95. The van der Waals surface area contributed by atoms with Crippen LogP contribution in [0.25, 0.3) is 0 Å². The number of nitrogens with zero attached hydrogens (tertiary/aromatic N) is 2. The Morgan fingerprint density at radius 2 is 2.12 bits per heavy atom. The van der Waals surface area contributed by atoms with Gasteiger partial charge in [0.05, 0.1) is 10.2 Å². The number of hydrogen-bond donors (Lipinski definition) is 1. The second-order valence-corrected chi connectivity index (χ2v) is 5.17. The van der Waals surface area contributed by atoms with Gasteiger partial charge in [0.2, 0.25) is 0 Å². The summed E-state index contributed by atoms with van der Waals surface area (Å²) in [5.41, 5.74) is 1.11. The van der Waals surface area contributed by atoms with Crippen molar-refractivity contribution in [2.75, 3.05) is 0 Å². The number of nitrogens with one attached hydrogen (secondary N) is 1. The highest BCUT2D eigenvalue weighted by Gasteiger charge is 2.13. The maximum Gasteiger partial charge on any atom is 0.0904 e. The summed E-state index contributed by atoms with van der Waals surface area (Å²) in [6.07, 6.45) is 8.81. The third-order valence-corrected chi connectivity index (χ3v) is 3.68. The molecule has 0 radical (unpaired) electrons. The molecule has 1 aromatic heterocycles. The standard InChI is InChI=1S/C11H18BrN3.ClH/c1-15-8-10(12)11(14-15)7-13-9-5-3-2-4-6-9;/h8-9,13H,2-7H2,1H3;1H. The van der Waals surface area contributed by atoms with Gasteiger partial charge in [0.15, 0.2) is 0 Å². The summed E-state index contributed by atoms with van der Waals surface area (Å²) in [7, 11) is 1.95. The topological polar surface area (TPSA) is 29.9 Å². The fraction of sp³-hybridized carbons (Fsp3) is 0.727. The highest BCUT2D eigenvalue weighted by Crippen LogP contribution is 2.19. The molecular weight excluding hydrogens is 289 g/mol. The van der Waals surface area contributed by atoms with E-state index in [-0.39, 0.29) is 12.4 Å². The average Bonchev–Trinajstić information content (AvgIpc) is 2.56. The molecule has 1 aromatic rings. The lowest BCUT2D eigenvalue weighted by atomic mass is 9.95. The number of aromatic nitrogens is 2. The third-order valence-electron chi connectivity index (χ3n) is 3.02. The van der Waals surface area contributed by atoms with Crippen molar-refractivity contribution in [3.8, 4) is 0 Å². The van der Waals surface area contributed by atoms with E-state index in [2.05, 4.69) is 26.3 Å². The fourth-order valence-corrected chi connectivity index (χ4v) is 2.69. The van der Waals surface area contributed by atoms with E-state index in [1.165, 1.54) is 32.1 Å². The molecule has 0 amide bonds. The van der Waals surface area contributed by atoms with Gasteiger partial charge in [-0.15, -0.1) is 12.4 Å². The Bertz CT molecular complexity index is 321. The van der Waals surface area contributed by atoms with Gasteiger partial charge in [-0.2, -0.15) is 5.10 Å². The molecule has 1 heterocycles. The summed E-state index contributed by atoms with van der Waals surface area (Å²) in [5.74, 6) is 0. The molecule has 0 aliphatic heterocycles. The molecule has 1 aliphatic rings. The zero-order valence-corrected chi connectivity index (χ0v) is 12.0. The van der Waals surface area contributed by atoms with Crippen LogP contribution in [-0.2, 0) is 13.6 Å². The van der Waals surface area contributed by atoms with Gasteiger partial charge >= 0.3 is 0 Å². The molecule has 0 bridgehead atoms. The molecule has 2 rings (SSSR count). The summed E-state index contributed by atoms with van der Waals surface area (Å²) in [6.45, 7) is 0.881. The predicted octanol–water partition coefficient (Wildman–Crippen LogP) is 3.03. The van der Waals surface area contributed by atoms with E-state index >= 15 is 0 Å². The van der Waals surface area contributed by atoms with Crippen molar-refractivity contribution in [3.63, 3.8) is 0 Å². The third kappa shape index (κ3) is 3.75. The van der Waals surface area contributed by atoms with E-state index in [0.717, 1.165) is 16.7 Å². The minimum atomic E-state index is 0. The monoisotopic (exact) mass is 307 g/mol. The minimum Gasteiger partial charge on any atom is -0.308 e. The smallest absolute Gasteiger partial charge is 0.0904 e. The highest BCUT2D eigenvalue weighted by molar-refractivity contribution is 9.10. The largest absolute Gasteiger partial charge is 0.308 e. The van der Waals surface area contributed by atoms with Gasteiger partial charge in [0, 0.05) is 25.8 Å². The van der Waals surface area contributed by atoms with Gasteiger partial charge in [0.1, 0.15) is 0 Å². The van der Waals surface area contributed by atoms with Gasteiger partial charge in [-0.25, -0.2) is 0 Å². The normalized spacial score (nSPS) is 17.1. The molecule has 1 fully saturated rings. The SMILES string of the molecule is Cl.Cn1cc(Br)c(CNC2CCCCC2)n1. The highest BCUT2D eigenvalue weighted by atomic mass is 79.9. The van der Waals surface area contributed by atoms with Crippen LogP contribution in [0, 0.1) is 0 Å².